The second-order valence-corrected chi connectivity index (χ2v) is 23.2. The van der Waals surface area contributed by atoms with Gasteiger partial charge in [0.05, 0.1) is 0 Å². The number of hydrogen-bond donors (Lipinski definition) is 0. The van der Waals surface area contributed by atoms with E-state index in [1.54, 1.807) is 122 Å². The van der Waals surface area contributed by atoms with Crippen LogP contribution in [0.4, 0.5) is 0 Å². The first-order valence-corrected chi connectivity index (χ1v) is 32.2. The zero-order valence-corrected chi connectivity index (χ0v) is 50.7. The molecule has 1 aliphatic carbocycles. The van der Waals surface area contributed by atoms with E-state index in [2.05, 4.69) is 156 Å². The van der Waals surface area contributed by atoms with Crippen molar-refractivity contribution in [3.8, 4) is 44.5 Å². The Hall–Kier alpha value is -4.68. The molecule has 6 aromatic rings. The van der Waals surface area contributed by atoms with Crippen LogP contribution in [-0.2, 0) is 77.0 Å². The Labute approximate surface area is 465 Å². The van der Waals surface area contributed by atoms with Gasteiger partial charge in [-0.3, -0.25) is 0 Å². The van der Waals surface area contributed by atoms with Gasteiger partial charge < -0.3 is 0 Å². The average molecular weight is 1020 g/mol. The first kappa shape index (κ1) is 59.0. The second kappa shape index (κ2) is 29.3. The number of aryl methyl sites for hydroxylation is 8. The Morgan fingerprint density at radius 1 is 0.197 bits per heavy atom. The minimum atomic E-state index is 1.10. The summed E-state index contributed by atoms with van der Waals surface area (Å²) in [5.74, 6) is 0. The van der Waals surface area contributed by atoms with Gasteiger partial charge in [0.2, 0.25) is 0 Å². The maximum Gasteiger partial charge on any atom is -0.000719 e. The number of benzene rings is 6. The first-order chi connectivity index (χ1) is 37.3. The van der Waals surface area contributed by atoms with E-state index < -0.39 is 0 Å². The molecule has 0 radical (unpaired) electrons. The molecular formula is C76H104. The minimum absolute atomic E-state index is 1.10. The molecule has 0 unspecified atom stereocenters. The van der Waals surface area contributed by atoms with Crippen molar-refractivity contribution in [3.63, 3.8) is 0 Å². The lowest BCUT2D eigenvalue weighted by atomic mass is 9.69. The third-order valence-corrected chi connectivity index (χ3v) is 17.2. The van der Waals surface area contributed by atoms with Gasteiger partial charge in [-0.1, -0.05) is 233 Å². The average Bonchev–Trinajstić information content (AvgIpc) is 3.42. The molecule has 0 spiro atoms. The zero-order chi connectivity index (χ0) is 54.1. The van der Waals surface area contributed by atoms with Gasteiger partial charge in [-0.25, -0.2) is 0 Å². The zero-order valence-electron chi connectivity index (χ0n) is 50.7. The molecule has 408 valence electrons. The quantitative estimate of drug-likeness (QED) is 0.0394. The monoisotopic (exact) mass is 1020 g/mol. The van der Waals surface area contributed by atoms with Gasteiger partial charge in [0.1, 0.15) is 0 Å². The van der Waals surface area contributed by atoms with Crippen LogP contribution in [0.5, 0.6) is 0 Å². The van der Waals surface area contributed by atoms with Crippen molar-refractivity contribution < 1.29 is 0 Å². The van der Waals surface area contributed by atoms with E-state index in [4.69, 9.17) is 0 Å². The van der Waals surface area contributed by atoms with Gasteiger partial charge in [-0.05, 0) is 235 Å². The molecule has 0 aromatic heterocycles. The lowest BCUT2D eigenvalue weighted by Crippen LogP contribution is -2.14. The third-order valence-electron chi connectivity index (χ3n) is 17.2. The Bertz CT molecular complexity index is 2860. The van der Waals surface area contributed by atoms with Crippen LogP contribution in [0, 0.1) is 20.9 Å². The molecule has 0 aliphatic heterocycles. The summed E-state index contributed by atoms with van der Waals surface area (Å²) >= 11 is 0. The molecule has 0 heterocycles. The van der Waals surface area contributed by atoms with Gasteiger partial charge in [-0.15, -0.1) is 0 Å². The lowest BCUT2D eigenvalue weighted by molar-refractivity contribution is 0.788. The standard InChI is InChI=1S/C76H104/c1-13-25-39-57-49-45-53(31-17-5)61(35-21-9)67(57)73-71-65-43-29-30-44-66(65)72(71)74(68-58(40-26-14-2)50-46-54(32-18-6)62(68)36-22-10)76(70-60(42-28-16-4)52-48-56(34-20-8)64(70)38-24-12)75(73)69-59(41-27-15-3)51-47-55(33-19-7)63(69)37-23-11/h29-30,43-52H,13-28,31-42H2,1-12H3. The second-order valence-electron chi connectivity index (χ2n) is 23.2. The summed E-state index contributed by atoms with van der Waals surface area (Å²) in [6.45, 7) is 29.1. The fraction of sp³-hybridized carbons (Fsp3) is 0.526. The molecule has 0 fully saturated rings. The van der Waals surface area contributed by atoms with Gasteiger partial charge in [0.25, 0.3) is 0 Å². The van der Waals surface area contributed by atoms with E-state index in [1.807, 2.05) is 0 Å². The molecule has 7 rings (SSSR count). The molecule has 1 aliphatic rings. The molecule has 0 nitrogen and oxygen atoms in total. The van der Waals surface area contributed by atoms with Crippen molar-refractivity contribution in [1.82, 2.24) is 0 Å². The van der Waals surface area contributed by atoms with Gasteiger partial charge in [0, 0.05) is 0 Å². The smallest absolute Gasteiger partial charge is 0.000719 e. The molecule has 0 N–H and O–H groups in total. The SMILES string of the molecule is CCCCc1ccc(CCC)c(CCC)c1-c1c(-c2c(CCCC)ccc(CCC)c2CCC)c(-c2c(CCCC)ccc(CCC)c2CCC)c2c(c1-c1c(CCCC)ccc(CCC)c1CCC)=c1ccccc1=2. The van der Waals surface area contributed by atoms with E-state index >= 15 is 0 Å². The maximum atomic E-state index is 2.66. The molecule has 76 heavy (non-hydrogen) atoms. The minimum Gasteiger partial charge on any atom is -0.0654 e. The van der Waals surface area contributed by atoms with Crippen LogP contribution in [0.15, 0.2) is 72.8 Å². The predicted octanol–water partition coefficient (Wildman–Crippen LogP) is 22.2. The van der Waals surface area contributed by atoms with Crippen molar-refractivity contribution >= 4 is 0 Å². The Morgan fingerprint density at radius 2 is 0.421 bits per heavy atom. The molecule has 0 atom stereocenters. The largest absolute Gasteiger partial charge is 0.0654 e. The summed E-state index contributed by atoms with van der Waals surface area (Å²) in [5.41, 5.74) is 32.1. The molecule has 0 bridgehead atoms. The van der Waals surface area contributed by atoms with Crippen molar-refractivity contribution in [3.05, 3.63) is 160 Å². The summed E-state index contributed by atoms with van der Waals surface area (Å²) < 4.78 is 0. The molecule has 0 saturated carbocycles. The molecule has 6 aromatic carbocycles. The fourth-order valence-electron chi connectivity index (χ4n) is 13.8. The van der Waals surface area contributed by atoms with Crippen molar-refractivity contribution in [1.29, 1.82) is 0 Å². The third kappa shape index (κ3) is 12.3. The summed E-state index contributed by atoms with van der Waals surface area (Å²) in [4.78, 5) is 0. The van der Waals surface area contributed by atoms with E-state index in [9.17, 15) is 0 Å². The van der Waals surface area contributed by atoms with E-state index in [0.29, 0.717) is 0 Å². The van der Waals surface area contributed by atoms with E-state index in [-0.39, 0.29) is 0 Å². The van der Waals surface area contributed by atoms with Crippen LogP contribution in [0.2, 0.25) is 0 Å². The highest BCUT2D eigenvalue weighted by Gasteiger charge is 2.34. The highest BCUT2D eigenvalue weighted by Crippen LogP contribution is 2.56. The van der Waals surface area contributed by atoms with Crippen LogP contribution in [-0.4, -0.2) is 0 Å². The number of rotatable bonds is 32. The molecular weight excluding hydrogens is 913 g/mol. The highest BCUT2D eigenvalue weighted by atomic mass is 14.4. The van der Waals surface area contributed by atoms with Crippen LogP contribution in [0.1, 0.15) is 253 Å². The Kier molecular flexibility index (Phi) is 22.8. The Morgan fingerprint density at radius 3 is 0.645 bits per heavy atom. The highest BCUT2D eigenvalue weighted by molar-refractivity contribution is 6.07. The molecule has 0 saturated heterocycles. The number of fused-ring (bicyclic) bond motifs is 2. The van der Waals surface area contributed by atoms with Gasteiger partial charge in [-0.2, -0.15) is 0 Å². The van der Waals surface area contributed by atoms with Crippen LogP contribution >= 0.6 is 0 Å². The van der Waals surface area contributed by atoms with Crippen molar-refractivity contribution in [2.45, 2.75) is 263 Å². The normalized spacial score (nSPS) is 11.8. The number of hydrogen-bond acceptors (Lipinski definition) is 0. The lowest BCUT2D eigenvalue weighted by Gasteiger charge is -2.34. The fourth-order valence-corrected chi connectivity index (χ4v) is 13.8. The van der Waals surface area contributed by atoms with Gasteiger partial charge in [0.15, 0.2) is 0 Å². The summed E-state index contributed by atoms with van der Waals surface area (Å²) in [6, 6.07) is 30.7. The van der Waals surface area contributed by atoms with Crippen molar-refractivity contribution in [2.75, 3.05) is 0 Å². The topological polar surface area (TPSA) is 0 Å². The summed E-state index contributed by atoms with van der Waals surface area (Å²) in [6.07, 6.45) is 32.0. The molecule has 0 amide bonds. The maximum absolute atomic E-state index is 2.66. The summed E-state index contributed by atoms with van der Waals surface area (Å²) in [5, 5.41) is 6.05. The van der Waals surface area contributed by atoms with Crippen LogP contribution in [0.25, 0.3) is 44.5 Å². The first-order valence-electron chi connectivity index (χ1n) is 32.2. The number of unbranched alkanes of at least 4 members (excludes halogenated alkanes) is 4. The predicted molar refractivity (Wildman–Crippen MR) is 336 cm³/mol. The Balaban J connectivity index is 2.04. The summed E-state index contributed by atoms with van der Waals surface area (Å²) in [7, 11) is 0. The van der Waals surface area contributed by atoms with E-state index in [1.165, 1.54) is 61.8 Å². The van der Waals surface area contributed by atoms with Crippen molar-refractivity contribution in [2.24, 2.45) is 0 Å². The van der Waals surface area contributed by atoms with Gasteiger partial charge >= 0.3 is 0 Å². The molecule has 0 heteroatoms. The van der Waals surface area contributed by atoms with E-state index in [0.717, 1.165) is 128 Å². The van der Waals surface area contributed by atoms with Crippen LogP contribution in [0.3, 0.4) is 0 Å². The van der Waals surface area contributed by atoms with Crippen LogP contribution < -0.4 is 0 Å².